The molecule has 3 aromatic carbocycles. The summed E-state index contributed by atoms with van der Waals surface area (Å²) in [5.74, 6) is -0.274. The summed E-state index contributed by atoms with van der Waals surface area (Å²) in [4.78, 5) is 31.6. The van der Waals surface area contributed by atoms with Crippen LogP contribution in [0.2, 0.25) is 5.02 Å². The number of ether oxygens (including phenoxy) is 3. The lowest BCUT2D eigenvalue weighted by atomic mass is 10.1. The van der Waals surface area contributed by atoms with Gasteiger partial charge in [0.25, 0.3) is 0 Å². The number of aromatic nitrogens is 2. The van der Waals surface area contributed by atoms with E-state index >= 15 is 0 Å². The maximum absolute atomic E-state index is 14.1. The number of hydrogen-bond acceptors (Lipinski definition) is 8. The molecular weight excluding hydrogens is 613 g/mol. The van der Waals surface area contributed by atoms with E-state index in [0.717, 1.165) is 30.6 Å². The van der Waals surface area contributed by atoms with E-state index in [1.807, 2.05) is 35.8 Å². The van der Waals surface area contributed by atoms with Crippen LogP contribution in [0.4, 0.5) is 15.8 Å². The number of amides is 1. The predicted octanol–water partition coefficient (Wildman–Crippen LogP) is 6.16. The van der Waals surface area contributed by atoms with Crippen molar-refractivity contribution in [1.82, 2.24) is 14.5 Å². The van der Waals surface area contributed by atoms with Gasteiger partial charge in [0.2, 0.25) is 5.91 Å². The van der Waals surface area contributed by atoms with Crippen molar-refractivity contribution >= 4 is 34.9 Å². The summed E-state index contributed by atoms with van der Waals surface area (Å²) in [6, 6.07) is 16.9. The third kappa shape index (κ3) is 8.76. The Morgan fingerprint density at radius 3 is 2.65 bits per heavy atom. The van der Waals surface area contributed by atoms with E-state index in [2.05, 4.69) is 20.5 Å². The second-order valence-electron chi connectivity index (χ2n) is 10.9. The zero-order valence-electron chi connectivity index (χ0n) is 25.8. The molecule has 1 aliphatic rings. The van der Waals surface area contributed by atoms with Crippen molar-refractivity contribution in [3.63, 3.8) is 0 Å². The molecule has 2 N–H and O–H groups in total. The lowest BCUT2D eigenvalue weighted by Crippen LogP contribution is -2.42. The van der Waals surface area contributed by atoms with Crippen molar-refractivity contribution in [2.45, 2.75) is 45.6 Å². The molecule has 0 unspecified atom stereocenters. The summed E-state index contributed by atoms with van der Waals surface area (Å²) in [5, 5.41) is 6.64. The van der Waals surface area contributed by atoms with Crippen molar-refractivity contribution in [2.24, 2.45) is 0 Å². The summed E-state index contributed by atoms with van der Waals surface area (Å²) in [5.41, 5.74) is 3.38. The first-order valence-electron chi connectivity index (χ1n) is 15.1. The molecule has 1 aliphatic heterocycles. The second kappa shape index (κ2) is 15.6. The zero-order chi connectivity index (χ0) is 32.5. The SMILES string of the molecule is CCn1cncc1CNc1cc(C(=O)OC)ccc1NC(=O)CN1CCC(Oc2cccc(COc3ccc(Cl)cc3F)c2)CC1. The van der Waals surface area contributed by atoms with Crippen LogP contribution in [0.3, 0.4) is 0 Å². The van der Waals surface area contributed by atoms with Crippen LogP contribution in [0.25, 0.3) is 0 Å². The number of piperidine rings is 1. The van der Waals surface area contributed by atoms with Gasteiger partial charge in [0.05, 0.1) is 49.2 Å². The first kappa shape index (κ1) is 32.8. The highest BCUT2D eigenvalue weighted by atomic mass is 35.5. The minimum atomic E-state index is -0.509. The van der Waals surface area contributed by atoms with Gasteiger partial charge in [0.1, 0.15) is 18.5 Å². The van der Waals surface area contributed by atoms with E-state index in [1.165, 1.54) is 19.2 Å². The highest BCUT2D eigenvalue weighted by molar-refractivity contribution is 6.30. The summed E-state index contributed by atoms with van der Waals surface area (Å²) >= 11 is 5.82. The average Bonchev–Trinajstić information content (AvgIpc) is 3.52. The standard InChI is InChI=1S/C34H37ClFN5O5/c1-3-41-22-37-18-26(41)19-38-31-16-24(34(43)44-2)7-9-30(31)39-33(42)20-40-13-11-27(12-14-40)46-28-6-4-5-23(15-28)21-45-32-10-8-25(35)17-29(32)36/h4-10,15-18,22,27,38H,3,11-14,19-21H2,1-2H3,(H,39,42). The molecule has 2 heterocycles. The Hall–Kier alpha value is -4.61. The maximum Gasteiger partial charge on any atom is 0.337 e. The average molecular weight is 650 g/mol. The largest absolute Gasteiger partial charge is 0.490 e. The molecule has 1 saturated heterocycles. The first-order valence-corrected chi connectivity index (χ1v) is 15.5. The topological polar surface area (TPSA) is 107 Å². The van der Waals surface area contributed by atoms with Crippen LogP contribution < -0.4 is 20.1 Å². The van der Waals surface area contributed by atoms with Gasteiger partial charge in [-0.25, -0.2) is 14.2 Å². The summed E-state index contributed by atoms with van der Waals surface area (Å²) in [7, 11) is 1.33. The Bertz CT molecular complexity index is 1660. The normalized spacial score (nSPS) is 13.7. The quantitative estimate of drug-likeness (QED) is 0.166. The fourth-order valence-corrected chi connectivity index (χ4v) is 5.40. The van der Waals surface area contributed by atoms with E-state index in [9.17, 15) is 14.0 Å². The first-order chi connectivity index (χ1) is 22.3. The summed E-state index contributed by atoms with van der Waals surface area (Å²) < 4.78 is 32.8. The summed E-state index contributed by atoms with van der Waals surface area (Å²) in [6.07, 6.45) is 5.06. The molecule has 1 fully saturated rings. The smallest absolute Gasteiger partial charge is 0.337 e. The Labute approximate surface area is 272 Å². The number of methoxy groups -OCH3 is 1. The maximum atomic E-state index is 14.1. The molecule has 0 atom stereocenters. The lowest BCUT2D eigenvalue weighted by molar-refractivity contribution is -0.117. The number of hydrogen-bond donors (Lipinski definition) is 2. The van der Waals surface area contributed by atoms with E-state index < -0.39 is 11.8 Å². The second-order valence-corrected chi connectivity index (χ2v) is 11.4. The van der Waals surface area contributed by atoms with Crippen LogP contribution in [-0.2, 0) is 29.2 Å². The predicted molar refractivity (Wildman–Crippen MR) is 174 cm³/mol. The Balaban J connectivity index is 1.12. The van der Waals surface area contributed by atoms with Crippen LogP contribution in [0.5, 0.6) is 11.5 Å². The van der Waals surface area contributed by atoms with E-state index in [1.54, 1.807) is 36.8 Å². The highest BCUT2D eigenvalue weighted by Crippen LogP contribution is 2.26. The van der Waals surface area contributed by atoms with Gasteiger partial charge in [-0.2, -0.15) is 0 Å². The van der Waals surface area contributed by atoms with Crippen molar-refractivity contribution < 1.29 is 28.2 Å². The molecular formula is C34H37ClFN5O5. The number of anilines is 2. The number of aryl methyl sites for hydroxylation is 1. The number of nitrogens with zero attached hydrogens (tertiary/aromatic N) is 3. The molecule has 0 bridgehead atoms. The molecule has 0 saturated carbocycles. The number of benzene rings is 3. The third-order valence-corrected chi connectivity index (χ3v) is 7.94. The Morgan fingerprint density at radius 1 is 1.07 bits per heavy atom. The Kier molecular flexibility index (Phi) is 11.1. The van der Waals surface area contributed by atoms with Gasteiger partial charge >= 0.3 is 5.97 Å². The number of likely N-dealkylation sites (tertiary alicyclic amines) is 1. The minimum Gasteiger partial charge on any atom is -0.490 e. The highest BCUT2D eigenvalue weighted by Gasteiger charge is 2.23. The molecule has 0 spiro atoms. The van der Waals surface area contributed by atoms with Gasteiger partial charge in [-0.05, 0) is 73.9 Å². The molecule has 12 heteroatoms. The third-order valence-electron chi connectivity index (χ3n) is 7.71. The molecule has 1 aromatic heterocycles. The molecule has 10 nitrogen and oxygen atoms in total. The fraction of sp³-hybridized carbons (Fsp3) is 0.324. The van der Waals surface area contributed by atoms with Gasteiger partial charge in [-0.1, -0.05) is 23.7 Å². The van der Waals surface area contributed by atoms with Crippen LogP contribution in [-0.4, -0.2) is 59.2 Å². The van der Waals surface area contributed by atoms with Crippen molar-refractivity contribution in [1.29, 1.82) is 0 Å². The number of carbonyl (C=O) groups is 2. The van der Waals surface area contributed by atoms with Crippen LogP contribution in [0.1, 0.15) is 41.4 Å². The van der Waals surface area contributed by atoms with E-state index in [0.29, 0.717) is 47.3 Å². The number of nitrogens with one attached hydrogen (secondary N) is 2. The molecule has 5 rings (SSSR count). The van der Waals surface area contributed by atoms with Crippen LogP contribution in [0.15, 0.2) is 73.2 Å². The minimum absolute atomic E-state index is 0.00224. The fourth-order valence-electron chi connectivity index (χ4n) is 5.24. The number of halogens is 2. The molecule has 46 heavy (non-hydrogen) atoms. The van der Waals surface area contributed by atoms with Crippen molar-refractivity contribution in [2.75, 3.05) is 37.4 Å². The number of rotatable bonds is 13. The monoisotopic (exact) mass is 649 g/mol. The summed E-state index contributed by atoms with van der Waals surface area (Å²) in [6.45, 7) is 5.09. The van der Waals surface area contributed by atoms with Gasteiger partial charge < -0.3 is 29.4 Å². The van der Waals surface area contributed by atoms with Crippen LogP contribution in [0, 0.1) is 5.82 Å². The van der Waals surface area contributed by atoms with Crippen LogP contribution >= 0.6 is 11.6 Å². The zero-order valence-corrected chi connectivity index (χ0v) is 26.6. The van der Waals surface area contributed by atoms with Gasteiger partial charge in [0, 0.05) is 30.9 Å². The van der Waals surface area contributed by atoms with Gasteiger partial charge in [-0.15, -0.1) is 0 Å². The van der Waals surface area contributed by atoms with E-state index in [-0.39, 0.29) is 30.9 Å². The molecule has 4 aromatic rings. The van der Waals surface area contributed by atoms with Crippen molar-refractivity contribution in [3.8, 4) is 11.5 Å². The van der Waals surface area contributed by atoms with E-state index in [4.69, 9.17) is 25.8 Å². The number of carbonyl (C=O) groups excluding carboxylic acids is 2. The number of imidazole rings is 1. The molecule has 0 radical (unpaired) electrons. The number of esters is 1. The van der Waals surface area contributed by atoms with Crippen molar-refractivity contribution in [3.05, 3.63) is 101 Å². The molecule has 0 aliphatic carbocycles. The lowest BCUT2D eigenvalue weighted by Gasteiger charge is -2.31. The van der Waals surface area contributed by atoms with Gasteiger partial charge in [-0.3, -0.25) is 9.69 Å². The Morgan fingerprint density at radius 2 is 1.89 bits per heavy atom. The molecule has 242 valence electrons. The van der Waals surface area contributed by atoms with Gasteiger partial charge in [0.15, 0.2) is 11.6 Å². The molecule has 1 amide bonds.